The number of nitrogens with zero attached hydrogens (tertiary/aromatic N) is 4. The number of aromatic nitrogens is 3. The fraction of sp³-hybridized carbons (Fsp3) is 0.714. The molecular weight excluding hydrogens is 316 g/mol. The number of sulfonamides is 1. The zero-order valence-corrected chi connectivity index (χ0v) is 11.3. The van der Waals surface area contributed by atoms with Crippen LogP contribution in [0, 0.1) is 0 Å². The second kappa shape index (κ2) is 4.28. The van der Waals surface area contributed by atoms with Crippen molar-refractivity contribution >= 4 is 26.0 Å². The van der Waals surface area contributed by atoms with E-state index in [2.05, 4.69) is 26.2 Å². The Kier molecular flexibility index (Phi) is 3.25. The maximum absolute atomic E-state index is 12.2. The van der Waals surface area contributed by atoms with E-state index in [9.17, 15) is 18.6 Å². The molecule has 2 heterocycles. The monoisotopic (exact) mass is 326 g/mol. The number of aliphatic hydroxyl groups excluding tert-OH is 2. The van der Waals surface area contributed by atoms with Gasteiger partial charge >= 0.3 is 0 Å². The van der Waals surface area contributed by atoms with Gasteiger partial charge in [-0.25, -0.2) is 13.1 Å². The highest BCUT2D eigenvalue weighted by Gasteiger charge is 2.40. The quantitative estimate of drug-likeness (QED) is 0.671. The van der Waals surface area contributed by atoms with Gasteiger partial charge in [-0.1, -0.05) is 5.21 Å². The van der Waals surface area contributed by atoms with Crippen LogP contribution >= 0.6 is 15.9 Å². The largest absolute Gasteiger partial charge is 0.389 e. The molecule has 2 unspecified atom stereocenters. The van der Waals surface area contributed by atoms with Gasteiger partial charge in [0.25, 0.3) is 10.0 Å². The Morgan fingerprint density at radius 1 is 1.35 bits per heavy atom. The fourth-order valence-electron chi connectivity index (χ4n) is 1.65. The minimum Gasteiger partial charge on any atom is -0.389 e. The molecule has 0 saturated carbocycles. The van der Waals surface area contributed by atoms with E-state index in [0.717, 1.165) is 8.99 Å². The number of hydrogen-bond donors (Lipinski definition) is 2. The number of β-amino-alcohol motifs (C(OH)–C–C–N with tert-alkyl or cyclic N) is 2. The summed E-state index contributed by atoms with van der Waals surface area (Å²) in [6.07, 6.45) is -2.13. The minimum atomic E-state index is -3.82. The van der Waals surface area contributed by atoms with Crippen LogP contribution in [0.3, 0.4) is 0 Å². The summed E-state index contributed by atoms with van der Waals surface area (Å²) in [6.45, 7) is -0.276. The van der Waals surface area contributed by atoms with Crippen LogP contribution in [0.15, 0.2) is 9.63 Å². The first-order valence-electron chi connectivity index (χ1n) is 4.75. The molecule has 2 atom stereocenters. The first-order chi connectivity index (χ1) is 7.84. The van der Waals surface area contributed by atoms with Crippen LogP contribution < -0.4 is 0 Å². The molecule has 0 bridgehead atoms. The minimum absolute atomic E-state index is 0.0983. The highest BCUT2D eigenvalue weighted by molar-refractivity contribution is 9.10. The van der Waals surface area contributed by atoms with Crippen molar-refractivity contribution < 1.29 is 18.6 Å². The Labute approximate surface area is 106 Å². The Morgan fingerprint density at radius 3 is 2.29 bits per heavy atom. The standard InChI is InChI=1S/C7H11BrN4O4S/c1-11-7(6(8)9-10-11)17(15,16)12-2-4(13)5(14)3-12/h4-5,13-14H,2-3H2,1H3. The Balaban J connectivity index is 2.39. The second-order valence-corrected chi connectivity index (χ2v) is 6.37. The lowest BCUT2D eigenvalue weighted by molar-refractivity contribution is 0.0572. The summed E-state index contributed by atoms with van der Waals surface area (Å²) in [6, 6.07) is 0. The molecule has 0 aliphatic carbocycles. The SMILES string of the molecule is Cn1nnc(Br)c1S(=O)(=O)N1CC(O)C(O)C1. The third-order valence-corrected chi connectivity index (χ3v) is 5.27. The molecule has 1 aromatic rings. The zero-order valence-electron chi connectivity index (χ0n) is 8.85. The van der Waals surface area contributed by atoms with Gasteiger partial charge in [0.05, 0.1) is 12.2 Å². The Morgan fingerprint density at radius 2 is 1.88 bits per heavy atom. The molecule has 0 spiro atoms. The summed E-state index contributed by atoms with van der Waals surface area (Å²) in [4.78, 5) is 0. The van der Waals surface area contributed by atoms with E-state index < -0.39 is 22.2 Å². The van der Waals surface area contributed by atoms with E-state index in [0.29, 0.717) is 0 Å². The average molecular weight is 327 g/mol. The normalized spacial score (nSPS) is 26.6. The van der Waals surface area contributed by atoms with Gasteiger partial charge in [-0.3, -0.25) is 0 Å². The highest BCUT2D eigenvalue weighted by atomic mass is 79.9. The van der Waals surface area contributed by atoms with Crippen LogP contribution in [0.5, 0.6) is 0 Å². The van der Waals surface area contributed by atoms with Crippen molar-refractivity contribution in [2.24, 2.45) is 7.05 Å². The number of aliphatic hydroxyl groups is 2. The summed E-state index contributed by atoms with van der Waals surface area (Å²) in [5.74, 6) is 0. The van der Waals surface area contributed by atoms with E-state index in [4.69, 9.17) is 0 Å². The van der Waals surface area contributed by atoms with Crippen molar-refractivity contribution in [3.05, 3.63) is 4.60 Å². The molecule has 0 amide bonds. The van der Waals surface area contributed by atoms with Crippen molar-refractivity contribution in [3.8, 4) is 0 Å². The fourth-order valence-corrected chi connectivity index (χ4v) is 4.16. The van der Waals surface area contributed by atoms with E-state index in [1.807, 2.05) is 0 Å². The van der Waals surface area contributed by atoms with Crippen molar-refractivity contribution in [1.82, 2.24) is 19.3 Å². The van der Waals surface area contributed by atoms with Crippen LogP contribution in [0.1, 0.15) is 0 Å². The van der Waals surface area contributed by atoms with Crippen molar-refractivity contribution in [1.29, 1.82) is 0 Å². The molecule has 1 fully saturated rings. The van der Waals surface area contributed by atoms with Gasteiger partial charge in [0, 0.05) is 20.1 Å². The molecular formula is C7H11BrN4O4S. The molecule has 1 saturated heterocycles. The predicted octanol–water partition coefficient (Wildman–Crippen LogP) is -1.70. The van der Waals surface area contributed by atoms with Crippen molar-refractivity contribution in [3.63, 3.8) is 0 Å². The molecule has 1 aromatic heterocycles. The first kappa shape index (κ1) is 12.9. The Bertz CT molecular complexity index is 500. The van der Waals surface area contributed by atoms with Gasteiger partial charge < -0.3 is 10.2 Å². The molecule has 17 heavy (non-hydrogen) atoms. The third kappa shape index (κ3) is 2.10. The molecule has 2 N–H and O–H groups in total. The first-order valence-corrected chi connectivity index (χ1v) is 6.99. The van der Waals surface area contributed by atoms with E-state index in [-0.39, 0.29) is 22.7 Å². The topological polar surface area (TPSA) is 109 Å². The molecule has 10 heteroatoms. The predicted molar refractivity (Wildman–Crippen MR) is 59.5 cm³/mol. The van der Waals surface area contributed by atoms with Crippen LogP contribution in [0.4, 0.5) is 0 Å². The van der Waals surface area contributed by atoms with Gasteiger partial charge in [-0.05, 0) is 15.9 Å². The maximum atomic E-state index is 12.2. The van der Waals surface area contributed by atoms with Crippen LogP contribution in [-0.4, -0.2) is 63.2 Å². The maximum Gasteiger partial charge on any atom is 0.263 e. The molecule has 96 valence electrons. The summed E-state index contributed by atoms with van der Waals surface area (Å²) in [5, 5.41) is 25.8. The van der Waals surface area contributed by atoms with Gasteiger partial charge in [0.15, 0.2) is 4.60 Å². The molecule has 2 rings (SSSR count). The van der Waals surface area contributed by atoms with E-state index in [1.165, 1.54) is 7.05 Å². The number of hydrogen-bond acceptors (Lipinski definition) is 6. The molecule has 1 aliphatic rings. The van der Waals surface area contributed by atoms with Gasteiger partial charge in [-0.2, -0.15) is 4.31 Å². The molecule has 1 aliphatic heterocycles. The second-order valence-electron chi connectivity index (χ2n) is 3.77. The third-order valence-electron chi connectivity index (χ3n) is 2.55. The lowest BCUT2D eigenvalue weighted by atomic mass is 10.3. The summed E-state index contributed by atoms with van der Waals surface area (Å²) < 4.78 is 26.6. The van der Waals surface area contributed by atoms with Gasteiger partial charge in [0.2, 0.25) is 5.03 Å². The van der Waals surface area contributed by atoms with Crippen molar-refractivity contribution in [2.75, 3.05) is 13.1 Å². The lowest BCUT2D eigenvalue weighted by Crippen LogP contribution is -2.31. The van der Waals surface area contributed by atoms with Crippen LogP contribution in [-0.2, 0) is 17.1 Å². The van der Waals surface area contributed by atoms with Crippen LogP contribution in [0.2, 0.25) is 0 Å². The molecule has 0 radical (unpaired) electrons. The summed E-state index contributed by atoms with van der Waals surface area (Å²) >= 11 is 3.00. The summed E-state index contributed by atoms with van der Waals surface area (Å²) in [5.41, 5.74) is 0. The van der Waals surface area contributed by atoms with Crippen molar-refractivity contribution in [2.45, 2.75) is 17.2 Å². The van der Waals surface area contributed by atoms with Gasteiger partial charge in [-0.15, -0.1) is 5.10 Å². The molecule has 0 aromatic carbocycles. The Hall–Kier alpha value is -0.550. The highest BCUT2D eigenvalue weighted by Crippen LogP contribution is 2.25. The lowest BCUT2D eigenvalue weighted by Gasteiger charge is -2.14. The van der Waals surface area contributed by atoms with E-state index >= 15 is 0 Å². The number of aryl methyl sites for hydroxylation is 1. The number of halogens is 1. The molecule has 8 nitrogen and oxygen atoms in total. The number of rotatable bonds is 2. The van der Waals surface area contributed by atoms with Gasteiger partial charge in [0.1, 0.15) is 0 Å². The zero-order chi connectivity index (χ0) is 12.8. The van der Waals surface area contributed by atoms with Crippen LogP contribution in [0.25, 0.3) is 0 Å². The summed E-state index contributed by atoms with van der Waals surface area (Å²) in [7, 11) is -2.37. The van der Waals surface area contributed by atoms with E-state index in [1.54, 1.807) is 0 Å². The average Bonchev–Trinajstić information content (AvgIpc) is 2.72. The smallest absolute Gasteiger partial charge is 0.263 e.